The molecule has 6 heteroatoms. The molecule has 0 aromatic heterocycles. The zero-order valence-electron chi connectivity index (χ0n) is 14.6. The van der Waals surface area contributed by atoms with Crippen molar-refractivity contribution in [1.82, 2.24) is 4.90 Å². The molecule has 0 bridgehead atoms. The highest BCUT2D eigenvalue weighted by molar-refractivity contribution is 5.97. The Labute approximate surface area is 138 Å². The van der Waals surface area contributed by atoms with E-state index in [1.165, 1.54) is 18.9 Å². The number of amides is 2. The van der Waals surface area contributed by atoms with Crippen LogP contribution in [-0.2, 0) is 9.59 Å². The van der Waals surface area contributed by atoms with Crippen LogP contribution in [0.15, 0.2) is 18.2 Å². The van der Waals surface area contributed by atoms with Gasteiger partial charge in [-0.05, 0) is 18.6 Å². The van der Waals surface area contributed by atoms with Gasteiger partial charge in [0.2, 0.25) is 11.8 Å². The largest absolute Gasteiger partial charge is 0.493 e. The topological polar surface area (TPSA) is 59.1 Å². The molecule has 2 amide bonds. The number of hydrogen-bond acceptors (Lipinski definition) is 4. The third kappa shape index (κ3) is 5.16. The molecule has 0 aliphatic rings. The molecular weight excluding hydrogens is 296 g/mol. The second kappa shape index (κ2) is 9.02. The lowest BCUT2D eigenvalue weighted by molar-refractivity contribution is -0.130. The summed E-state index contributed by atoms with van der Waals surface area (Å²) in [6.07, 6.45) is 1.96. The molecule has 0 heterocycles. The molecule has 1 rings (SSSR count). The summed E-state index contributed by atoms with van der Waals surface area (Å²) >= 11 is 0. The SMILES string of the molecule is CCCCN(C)C(=O)CN(C(C)=O)c1ccc(OC)c(OC)c1. The van der Waals surface area contributed by atoms with Crippen molar-refractivity contribution in [2.45, 2.75) is 26.7 Å². The van der Waals surface area contributed by atoms with Gasteiger partial charge in [-0.25, -0.2) is 0 Å². The molecule has 0 saturated heterocycles. The Morgan fingerprint density at radius 3 is 2.30 bits per heavy atom. The third-order valence-corrected chi connectivity index (χ3v) is 3.63. The first-order valence-electron chi connectivity index (χ1n) is 7.68. The van der Waals surface area contributed by atoms with E-state index < -0.39 is 0 Å². The smallest absolute Gasteiger partial charge is 0.242 e. The van der Waals surface area contributed by atoms with Crippen LogP contribution in [0.2, 0.25) is 0 Å². The van der Waals surface area contributed by atoms with E-state index in [2.05, 4.69) is 6.92 Å². The second-order valence-electron chi connectivity index (χ2n) is 5.31. The molecular formula is C17H26N2O4. The number of ether oxygens (including phenoxy) is 2. The Morgan fingerprint density at radius 2 is 1.78 bits per heavy atom. The minimum atomic E-state index is -0.200. The van der Waals surface area contributed by atoms with E-state index >= 15 is 0 Å². The van der Waals surface area contributed by atoms with Crippen molar-refractivity contribution < 1.29 is 19.1 Å². The summed E-state index contributed by atoms with van der Waals surface area (Å²) in [5.41, 5.74) is 0.604. The fraction of sp³-hybridized carbons (Fsp3) is 0.529. The fourth-order valence-electron chi connectivity index (χ4n) is 2.15. The van der Waals surface area contributed by atoms with Crippen molar-refractivity contribution in [2.75, 3.05) is 39.3 Å². The number of carbonyl (C=O) groups is 2. The highest BCUT2D eigenvalue weighted by Crippen LogP contribution is 2.31. The van der Waals surface area contributed by atoms with Gasteiger partial charge in [-0.1, -0.05) is 13.3 Å². The molecule has 0 atom stereocenters. The number of methoxy groups -OCH3 is 2. The maximum Gasteiger partial charge on any atom is 0.242 e. The lowest BCUT2D eigenvalue weighted by atomic mass is 10.2. The number of nitrogens with zero attached hydrogens (tertiary/aromatic N) is 2. The summed E-state index contributed by atoms with van der Waals surface area (Å²) in [4.78, 5) is 27.3. The van der Waals surface area contributed by atoms with E-state index in [9.17, 15) is 9.59 Å². The molecule has 6 nitrogen and oxygen atoms in total. The molecule has 1 aromatic carbocycles. The zero-order chi connectivity index (χ0) is 17.4. The maximum atomic E-state index is 12.3. The van der Waals surface area contributed by atoms with E-state index in [-0.39, 0.29) is 18.4 Å². The summed E-state index contributed by atoms with van der Waals surface area (Å²) in [7, 11) is 4.83. The molecule has 1 aromatic rings. The first kappa shape index (κ1) is 18.8. The summed E-state index contributed by atoms with van der Waals surface area (Å²) in [6, 6.07) is 5.15. The molecule has 0 aliphatic carbocycles. The van der Waals surface area contributed by atoms with Crippen LogP contribution in [0.4, 0.5) is 5.69 Å². The normalized spacial score (nSPS) is 10.1. The predicted octanol–water partition coefficient (Wildman–Crippen LogP) is 2.32. The molecule has 0 spiro atoms. The average Bonchev–Trinajstić information content (AvgIpc) is 2.56. The second-order valence-corrected chi connectivity index (χ2v) is 5.31. The van der Waals surface area contributed by atoms with Crippen LogP contribution in [0, 0.1) is 0 Å². The van der Waals surface area contributed by atoms with Crippen molar-refractivity contribution in [3.8, 4) is 11.5 Å². The molecule has 0 aliphatic heterocycles. The van der Waals surface area contributed by atoms with Gasteiger partial charge in [-0.3, -0.25) is 9.59 Å². The summed E-state index contributed by atoms with van der Waals surface area (Å²) in [6.45, 7) is 4.21. The number of carbonyl (C=O) groups excluding carboxylic acids is 2. The molecule has 0 N–H and O–H groups in total. The molecule has 0 saturated carbocycles. The van der Waals surface area contributed by atoms with Crippen LogP contribution >= 0.6 is 0 Å². The number of likely N-dealkylation sites (N-methyl/N-ethyl adjacent to an activating group) is 1. The first-order valence-corrected chi connectivity index (χ1v) is 7.68. The minimum absolute atomic E-state index is 0.00499. The number of benzene rings is 1. The first-order chi connectivity index (χ1) is 10.9. The van der Waals surface area contributed by atoms with Gasteiger partial charge in [0.05, 0.1) is 14.2 Å². The Kier molecular flexibility index (Phi) is 7.38. The standard InChI is InChI=1S/C17H26N2O4/c1-6-7-10-18(3)17(21)12-19(13(2)20)14-8-9-15(22-4)16(11-14)23-5/h8-9,11H,6-7,10,12H2,1-5H3. The van der Waals surface area contributed by atoms with Gasteiger partial charge in [0, 0.05) is 32.3 Å². The lowest BCUT2D eigenvalue weighted by Crippen LogP contribution is -2.41. The van der Waals surface area contributed by atoms with Gasteiger partial charge in [-0.15, -0.1) is 0 Å². The number of rotatable bonds is 8. The maximum absolute atomic E-state index is 12.3. The molecule has 128 valence electrons. The van der Waals surface area contributed by atoms with Crippen molar-refractivity contribution in [2.24, 2.45) is 0 Å². The molecule has 0 fully saturated rings. The Morgan fingerprint density at radius 1 is 1.13 bits per heavy atom. The highest BCUT2D eigenvalue weighted by atomic mass is 16.5. The van der Waals surface area contributed by atoms with E-state index in [1.54, 1.807) is 37.3 Å². The zero-order valence-corrected chi connectivity index (χ0v) is 14.6. The molecule has 0 radical (unpaired) electrons. The van der Waals surface area contributed by atoms with Crippen LogP contribution < -0.4 is 14.4 Å². The van der Waals surface area contributed by atoms with Gasteiger partial charge in [0.15, 0.2) is 11.5 Å². The van der Waals surface area contributed by atoms with Crippen LogP contribution in [0.1, 0.15) is 26.7 Å². The predicted molar refractivity (Wildman–Crippen MR) is 90.1 cm³/mol. The monoisotopic (exact) mass is 322 g/mol. The summed E-state index contributed by atoms with van der Waals surface area (Å²) < 4.78 is 10.4. The number of anilines is 1. The summed E-state index contributed by atoms with van der Waals surface area (Å²) in [5, 5.41) is 0. The van der Waals surface area contributed by atoms with E-state index in [0.717, 1.165) is 12.8 Å². The van der Waals surface area contributed by atoms with Crippen molar-refractivity contribution in [3.63, 3.8) is 0 Å². The Hall–Kier alpha value is -2.24. The van der Waals surface area contributed by atoms with Crippen LogP contribution in [0.5, 0.6) is 11.5 Å². The van der Waals surface area contributed by atoms with E-state index in [1.807, 2.05) is 0 Å². The number of hydrogen-bond donors (Lipinski definition) is 0. The average molecular weight is 322 g/mol. The Balaban J connectivity index is 2.95. The van der Waals surface area contributed by atoms with Gasteiger partial charge < -0.3 is 19.3 Å². The lowest BCUT2D eigenvalue weighted by Gasteiger charge is -2.25. The van der Waals surface area contributed by atoms with Crippen molar-refractivity contribution in [1.29, 1.82) is 0 Å². The summed E-state index contributed by atoms with van der Waals surface area (Å²) in [5.74, 6) is 0.798. The van der Waals surface area contributed by atoms with Crippen LogP contribution in [-0.4, -0.2) is 51.1 Å². The quantitative estimate of drug-likeness (QED) is 0.737. The van der Waals surface area contributed by atoms with Crippen LogP contribution in [0.25, 0.3) is 0 Å². The van der Waals surface area contributed by atoms with Gasteiger partial charge in [-0.2, -0.15) is 0 Å². The van der Waals surface area contributed by atoms with Crippen molar-refractivity contribution in [3.05, 3.63) is 18.2 Å². The van der Waals surface area contributed by atoms with E-state index in [4.69, 9.17) is 9.47 Å². The molecule has 0 unspecified atom stereocenters. The van der Waals surface area contributed by atoms with Crippen molar-refractivity contribution >= 4 is 17.5 Å². The van der Waals surface area contributed by atoms with E-state index in [0.29, 0.717) is 23.7 Å². The van der Waals surface area contributed by atoms with Crippen LogP contribution in [0.3, 0.4) is 0 Å². The number of unbranched alkanes of at least 4 members (excludes halogenated alkanes) is 1. The highest BCUT2D eigenvalue weighted by Gasteiger charge is 2.19. The van der Waals surface area contributed by atoms with Gasteiger partial charge in [0.25, 0.3) is 0 Å². The Bertz CT molecular complexity index is 545. The molecule has 23 heavy (non-hydrogen) atoms. The minimum Gasteiger partial charge on any atom is -0.493 e. The van der Waals surface area contributed by atoms with Gasteiger partial charge >= 0.3 is 0 Å². The third-order valence-electron chi connectivity index (χ3n) is 3.63. The fourth-order valence-corrected chi connectivity index (χ4v) is 2.15. The van der Waals surface area contributed by atoms with Gasteiger partial charge in [0.1, 0.15) is 6.54 Å².